The molecule has 0 radical (unpaired) electrons. The van der Waals surface area contributed by atoms with Crippen molar-refractivity contribution in [2.24, 2.45) is 0 Å². The zero-order chi connectivity index (χ0) is 13.9. The lowest BCUT2D eigenvalue weighted by molar-refractivity contribution is -0.346. The number of aromatic nitrogens is 1. The second kappa shape index (κ2) is 5.17. The van der Waals surface area contributed by atoms with E-state index in [1.54, 1.807) is 0 Å². The Kier molecular flexibility index (Phi) is 3.21. The Morgan fingerprint density at radius 3 is 2.15 bits per heavy atom. The molecule has 98 valence electrons. The summed E-state index contributed by atoms with van der Waals surface area (Å²) in [6.07, 6.45) is 0. The van der Waals surface area contributed by atoms with Crippen molar-refractivity contribution in [1.82, 2.24) is 0 Å². The lowest BCUT2D eigenvalue weighted by Crippen LogP contribution is -2.13. The molecule has 0 saturated heterocycles. The fourth-order valence-corrected chi connectivity index (χ4v) is 2.28. The van der Waals surface area contributed by atoms with Gasteiger partial charge in [-0.25, -0.2) is 4.98 Å². The lowest BCUT2D eigenvalue weighted by atomic mass is 10.0. The van der Waals surface area contributed by atoms with E-state index in [1.807, 2.05) is 24.3 Å². The molecule has 2 heteroatoms. The SMILES string of the molecule is Cc1ccc(-c2cc(N)[nH+]c(-c3ccccc3)c2)cc1. The molecule has 0 unspecified atom stereocenters. The minimum Gasteiger partial charge on any atom is -0.287 e. The molecule has 0 spiro atoms. The Balaban J connectivity index is 2.09. The molecule has 1 heterocycles. The number of H-pyrrole nitrogens is 1. The molecule has 3 aromatic rings. The molecule has 2 nitrogen and oxygen atoms in total. The van der Waals surface area contributed by atoms with Gasteiger partial charge in [0.15, 0.2) is 0 Å². The van der Waals surface area contributed by atoms with E-state index < -0.39 is 0 Å². The number of nitrogens with one attached hydrogen (secondary N) is 1. The molecule has 1 aromatic heterocycles. The van der Waals surface area contributed by atoms with E-state index in [9.17, 15) is 0 Å². The summed E-state index contributed by atoms with van der Waals surface area (Å²) in [5.74, 6) is 0.668. The third-order valence-electron chi connectivity index (χ3n) is 3.36. The standard InChI is InChI=1S/C18H16N2/c1-13-7-9-14(10-8-13)16-11-17(20-18(19)12-16)15-5-3-2-4-6-15/h2-12H,1H3,(H2,19,20)/p+1. The van der Waals surface area contributed by atoms with E-state index in [4.69, 9.17) is 5.73 Å². The molecule has 3 rings (SSSR count). The first-order chi connectivity index (χ1) is 9.72. The van der Waals surface area contributed by atoms with E-state index in [2.05, 4.69) is 54.4 Å². The number of aromatic amines is 1. The molecule has 0 aliphatic carbocycles. The smallest absolute Gasteiger partial charge is 0.271 e. The number of aryl methyl sites for hydroxylation is 1. The van der Waals surface area contributed by atoms with Crippen LogP contribution in [-0.4, -0.2) is 0 Å². The van der Waals surface area contributed by atoms with Gasteiger partial charge >= 0.3 is 0 Å². The fourth-order valence-electron chi connectivity index (χ4n) is 2.28. The van der Waals surface area contributed by atoms with Crippen molar-refractivity contribution < 1.29 is 4.98 Å². The predicted octanol–water partition coefficient (Wildman–Crippen LogP) is 3.73. The van der Waals surface area contributed by atoms with Crippen LogP contribution in [0.15, 0.2) is 66.7 Å². The van der Waals surface area contributed by atoms with Crippen molar-refractivity contribution in [3.8, 4) is 22.4 Å². The highest BCUT2D eigenvalue weighted by Gasteiger charge is 2.08. The monoisotopic (exact) mass is 261 g/mol. The van der Waals surface area contributed by atoms with Gasteiger partial charge in [0.25, 0.3) is 5.82 Å². The summed E-state index contributed by atoms with van der Waals surface area (Å²) in [7, 11) is 0. The van der Waals surface area contributed by atoms with Gasteiger partial charge in [-0.2, -0.15) is 0 Å². The maximum atomic E-state index is 6.01. The van der Waals surface area contributed by atoms with E-state index in [1.165, 1.54) is 11.1 Å². The number of pyridine rings is 1. The first-order valence-corrected chi connectivity index (χ1v) is 6.68. The van der Waals surface area contributed by atoms with Gasteiger partial charge in [0, 0.05) is 11.6 Å². The third-order valence-corrected chi connectivity index (χ3v) is 3.36. The first-order valence-electron chi connectivity index (χ1n) is 6.68. The Morgan fingerprint density at radius 1 is 0.750 bits per heavy atom. The Hall–Kier alpha value is -2.61. The number of hydrogen-bond donors (Lipinski definition) is 1. The van der Waals surface area contributed by atoms with Crippen molar-refractivity contribution >= 4 is 5.82 Å². The largest absolute Gasteiger partial charge is 0.287 e. The van der Waals surface area contributed by atoms with Crippen molar-refractivity contribution in [3.63, 3.8) is 0 Å². The van der Waals surface area contributed by atoms with Crippen LogP contribution in [0, 0.1) is 6.92 Å². The van der Waals surface area contributed by atoms with Gasteiger partial charge in [-0.15, -0.1) is 0 Å². The van der Waals surface area contributed by atoms with E-state index in [0.29, 0.717) is 5.82 Å². The molecule has 2 aromatic carbocycles. The minimum absolute atomic E-state index is 0.668. The molecular weight excluding hydrogens is 244 g/mol. The summed E-state index contributed by atoms with van der Waals surface area (Å²) in [5, 5.41) is 0. The normalized spacial score (nSPS) is 10.4. The van der Waals surface area contributed by atoms with Gasteiger partial charge < -0.3 is 0 Å². The summed E-state index contributed by atoms with van der Waals surface area (Å²) in [4.78, 5) is 3.22. The van der Waals surface area contributed by atoms with Crippen LogP contribution in [0.3, 0.4) is 0 Å². The average Bonchev–Trinajstić information content (AvgIpc) is 2.48. The minimum atomic E-state index is 0.668. The lowest BCUT2D eigenvalue weighted by Gasteiger charge is -2.05. The molecular formula is C18H17N2+. The summed E-state index contributed by atoms with van der Waals surface area (Å²) in [6, 6.07) is 22.8. The number of benzene rings is 2. The van der Waals surface area contributed by atoms with Crippen molar-refractivity contribution in [2.45, 2.75) is 6.92 Å². The molecule has 0 atom stereocenters. The summed E-state index contributed by atoms with van der Waals surface area (Å²) in [5.41, 5.74) is 11.7. The first kappa shape index (κ1) is 12.4. The molecule has 20 heavy (non-hydrogen) atoms. The van der Waals surface area contributed by atoms with Gasteiger partial charge in [-0.1, -0.05) is 60.2 Å². The molecule has 3 N–H and O–H groups in total. The highest BCUT2D eigenvalue weighted by molar-refractivity contribution is 5.70. The maximum Gasteiger partial charge on any atom is 0.271 e. The van der Waals surface area contributed by atoms with E-state index >= 15 is 0 Å². The molecule has 0 saturated carbocycles. The zero-order valence-electron chi connectivity index (χ0n) is 11.4. The van der Waals surface area contributed by atoms with Gasteiger partial charge in [0.1, 0.15) is 5.69 Å². The van der Waals surface area contributed by atoms with Gasteiger partial charge in [0.05, 0.1) is 0 Å². The summed E-state index contributed by atoms with van der Waals surface area (Å²) in [6.45, 7) is 2.09. The number of nitrogens with two attached hydrogens (primary N) is 1. The third kappa shape index (κ3) is 2.54. The van der Waals surface area contributed by atoms with Crippen LogP contribution in [-0.2, 0) is 0 Å². The van der Waals surface area contributed by atoms with Gasteiger partial charge in [0.2, 0.25) is 0 Å². The molecule has 0 aliphatic rings. The Bertz CT molecular complexity index is 716. The molecule has 0 fully saturated rings. The zero-order valence-corrected chi connectivity index (χ0v) is 11.4. The summed E-state index contributed by atoms with van der Waals surface area (Å²) >= 11 is 0. The number of hydrogen-bond acceptors (Lipinski definition) is 1. The van der Waals surface area contributed by atoms with Crippen LogP contribution < -0.4 is 10.7 Å². The molecule has 0 bridgehead atoms. The highest BCUT2D eigenvalue weighted by atomic mass is 14.8. The van der Waals surface area contributed by atoms with E-state index in [0.717, 1.165) is 16.8 Å². The van der Waals surface area contributed by atoms with Crippen LogP contribution >= 0.6 is 0 Å². The van der Waals surface area contributed by atoms with Crippen molar-refractivity contribution in [3.05, 3.63) is 72.3 Å². The summed E-state index contributed by atoms with van der Waals surface area (Å²) < 4.78 is 0. The quantitative estimate of drug-likeness (QED) is 0.750. The maximum absolute atomic E-state index is 6.01. The fraction of sp³-hybridized carbons (Fsp3) is 0.0556. The second-order valence-electron chi connectivity index (χ2n) is 4.97. The Labute approximate surface area is 118 Å². The van der Waals surface area contributed by atoms with E-state index in [-0.39, 0.29) is 0 Å². The second-order valence-corrected chi connectivity index (χ2v) is 4.97. The van der Waals surface area contributed by atoms with Gasteiger partial charge in [-0.3, -0.25) is 5.73 Å². The molecule has 0 amide bonds. The predicted molar refractivity (Wildman–Crippen MR) is 83.0 cm³/mol. The number of anilines is 1. The van der Waals surface area contributed by atoms with Crippen molar-refractivity contribution in [1.29, 1.82) is 0 Å². The van der Waals surface area contributed by atoms with Crippen LogP contribution in [0.25, 0.3) is 22.4 Å². The van der Waals surface area contributed by atoms with Crippen LogP contribution in [0.1, 0.15) is 5.56 Å². The highest BCUT2D eigenvalue weighted by Crippen LogP contribution is 2.24. The number of rotatable bonds is 2. The number of nitrogen functional groups attached to an aromatic ring is 1. The van der Waals surface area contributed by atoms with Crippen LogP contribution in [0.4, 0.5) is 5.82 Å². The van der Waals surface area contributed by atoms with Crippen LogP contribution in [0.2, 0.25) is 0 Å². The topological polar surface area (TPSA) is 40.2 Å². The van der Waals surface area contributed by atoms with Gasteiger partial charge in [-0.05, 0) is 24.1 Å². The van der Waals surface area contributed by atoms with Crippen molar-refractivity contribution in [2.75, 3.05) is 5.73 Å². The average molecular weight is 261 g/mol. The Morgan fingerprint density at radius 2 is 1.45 bits per heavy atom. The molecule has 0 aliphatic heterocycles. The van der Waals surface area contributed by atoms with Crippen LogP contribution in [0.5, 0.6) is 0 Å².